The fraction of sp³-hybridized carbons (Fsp3) is 0.111. The average molecular weight is 253 g/mol. The van der Waals surface area contributed by atoms with Gasteiger partial charge in [-0.1, -0.05) is 0 Å². The molecule has 0 unspecified atom stereocenters. The molecule has 0 atom stereocenters. The molecule has 2 heterocycles. The second-order valence-electron chi connectivity index (χ2n) is 3.45. The van der Waals surface area contributed by atoms with Crippen molar-refractivity contribution in [1.82, 2.24) is 14.5 Å². The van der Waals surface area contributed by atoms with Crippen molar-refractivity contribution in [2.24, 2.45) is 7.05 Å². The van der Waals surface area contributed by atoms with E-state index in [2.05, 4.69) is 14.7 Å². The zero-order valence-corrected chi connectivity index (χ0v) is 9.85. The van der Waals surface area contributed by atoms with Crippen molar-refractivity contribution < 1.29 is 8.42 Å². The zero-order chi connectivity index (χ0) is 12.5. The second-order valence-corrected chi connectivity index (χ2v) is 5.08. The molecule has 0 saturated carbocycles. The molecule has 0 fully saturated rings. The lowest BCUT2D eigenvalue weighted by atomic mass is 10.4. The first-order valence-electron chi connectivity index (χ1n) is 4.70. The SMILES string of the molecule is Cn1cnc(S(=O)(=O)Nc2ccc(N)nc2)c1. The van der Waals surface area contributed by atoms with E-state index in [4.69, 9.17) is 5.73 Å². The number of nitrogen functional groups attached to an aromatic ring is 1. The highest BCUT2D eigenvalue weighted by atomic mass is 32.2. The minimum atomic E-state index is -3.67. The Morgan fingerprint density at radius 3 is 2.65 bits per heavy atom. The van der Waals surface area contributed by atoms with Crippen LogP contribution in [0, 0.1) is 0 Å². The molecule has 0 amide bonds. The monoisotopic (exact) mass is 253 g/mol. The van der Waals surface area contributed by atoms with Crippen molar-refractivity contribution in [3.8, 4) is 0 Å². The van der Waals surface area contributed by atoms with Gasteiger partial charge < -0.3 is 10.3 Å². The smallest absolute Gasteiger partial charge is 0.280 e. The molecular formula is C9H11N5O2S. The van der Waals surface area contributed by atoms with E-state index in [-0.39, 0.29) is 5.03 Å². The van der Waals surface area contributed by atoms with Gasteiger partial charge >= 0.3 is 0 Å². The topological polar surface area (TPSA) is 103 Å². The maximum Gasteiger partial charge on any atom is 0.280 e. The number of anilines is 2. The summed E-state index contributed by atoms with van der Waals surface area (Å²) in [4.78, 5) is 7.56. The molecule has 0 aliphatic carbocycles. The second kappa shape index (κ2) is 4.06. The molecule has 0 radical (unpaired) electrons. The van der Waals surface area contributed by atoms with Gasteiger partial charge in [0.1, 0.15) is 5.82 Å². The highest BCUT2D eigenvalue weighted by molar-refractivity contribution is 7.92. The van der Waals surface area contributed by atoms with Crippen LogP contribution < -0.4 is 10.5 Å². The van der Waals surface area contributed by atoms with E-state index in [1.807, 2.05) is 0 Å². The van der Waals surface area contributed by atoms with Crippen molar-refractivity contribution in [3.05, 3.63) is 30.9 Å². The van der Waals surface area contributed by atoms with Crippen LogP contribution >= 0.6 is 0 Å². The molecule has 8 heteroatoms. The summed E-state index contributed by atoms with van der Waals surface area (Å²) < 4.78 is 27.6. The van der Waals surface area contributed by atoms with Gasteiger partial charge in [-0.25, -0.2) is 9.97 Å². The predicted octanol–water partition coefficient (Wildman–Crippen LogP) is 0.198. The first-order chi connectivity index (χ1) is 7.97. The van der Waals surface area contributed by atoms with Gasteiger partial charge in [0.25, 0.3) is 10.0 Å². The molecule has 0 aromatic carbocycles. The van der Waals surface area contributed by atoms with Crippen LogP contribution in [0.1, 0.15) is 0 Å². The summed E-state index contributed by atoms with van der Waals surface area (Å²) in [7, 11) is -1.98. The summed E-state index contributed by atoms with van der Waals surface area (Å²) >= 11 is 0. The third-order valence-corrected chi connectivity index (χ3v) is 3.26. The van der Waals surface area contributed by atoms with Gasteiger partial charge in [0.05, 0.1) is 18.2 Å². The van der Waals surface area contributed by atoms with E-state index in [0.29, 0.717) is 11.5 Å². The summed E-state index contributed by atoms with van der Waals surface area (Å²) in [5.41, 5.74) is 5.74. The number of sulfonamides is 1. The maximum atomic E-state index is 11.9. The Morgan fingerprint density at radius 1 is 1.35 bits per heavy atom. The minimum Gasteiger partial charge on any atom is -0.384 e. The van der Waals surface area contributed by atoms with Crippen LogP contribution in [0.5, 0.6) is 0 Å². The Hall–Kier alpha value is -2.09. The number of rotatable bonds is 3. The van der Waals surface area contributed by atoms with Crippen LogP contribution in [0.15, 0.2) is 35.9 Å². The first-order valence-corrected chi connectivity index (χ1v) is 6.18. The zero-order valence-electron chi connectivity index (χ0n) is 9.03. The third-order valence-electron chi connectivity index (χ3n) is 2.00. The fourth-order valence-corrected chi connectivity index (χ4v) is 2.23. The number of aryl methyl sites for hydroxylation is 1. The lowest BCUT2D eigenvalue weighted by molar-refractivity contribution is 0.598. The Labute approximate surface area is 98.4 Å². The number of aromatic nitrogens is 3. The van der Waals surface area contributed by atoms with Crippen LogP contribution in [-0.4, -0.2) is 23.0 Å². The van der Waals surface area contributed by atoms with Crippen molar-refractivity contribution in [2.75, 3.05) is 10.5 Å². The van der Waals surface area contributed by atoms with Crippen molar-refractivity contribution >= 4 is 21.5 Å². The van der Waals surface area contributed by atoms with E-state index in [9.17, 15) is 8.42 Å². The number of nitrogens with one attached hydrogen (secondary N) is 1. The average Bonchev–Trinajstić information content (AvgIpc) is 2.69. The standard InChI is InChI=1S/C9H11N5O2S/c1-14-5-9(12-6-14)17(15,16)13-7-2-3-8(10)11-4-7/h2-6,13H,1H3,(H2,10,11). The summed E-state index contributed by atoms with van der Waals surface area (Å²) in [6.07, 6.45) is 4.17. The van der Waals surface area contributed by atoms with E-state index < -0.39 is 10.0 Å². The van der Waals surface area contributed by atoms with Crippen molar-refractivity contribution in [3.63, 3.8) is 0 Å². The van der Waals surface area contributed by atoms with Gasteiger partial charge in [0.15, 0.2) is 5.03 Å². The summed E-state index contributed by atoms with van der Waals surface area (Å²) in [6.45, 7) is 0. The molecular weight excluding hydrogens is 242 g/mol. The molecule has 2 aromatic rings. The molecule has 0 saturated heterocycles. The Balaban J connectivity index is 2.26. The molecule has 90 valence electrons. The fourth-order valence-electron chi connectivity index (χ4n) is 1.20. The van der Waals surface area contributed by atoms with Gasteiger partial charge in [0, 0.05) is 13.2 Å². The lowest BCUT2D eigenvalue weighted by Gasteiger charge is -2.04. The molecule has 3 N–H and O–H groups in total. The number of hydrogen-bond donors (Lipinski definition) is 2. The van der Waals surface area contributed by atoms with Crippen LogP contribution in [0.4, 0.5) is 11.5 Å². The minimum absolute atomic E-state index is 0.0446. The molecule has 0 aliphatic rings. The molecule has 0 bridgehead atoms. The van der Waals surface area contributed by atoms with Crippen LogP contribution in [-0.2, 0) is 17.1 Å². The summed E-state index contributed by atoms with van der Waals surface area (Å²) in [5, 5.41) is -0.0446. The summed E-state index contributed by atoms with van der Waals surface area (Å²) in [6, 6.07) is 3.04. The molecule has 0 aliphatic heterocycles. The molecule has 7 nitrogen and oxygen atoms in total. The normalized spacial score (nSPS) is 11.4. The van der Waals surface area contributed by atoms with Gasteiger partial charge in [0.2, 0.25) is 0 Å². The predicted molar refractivity (Wildman–Crippen MR) is 62.7 cm³/mol. The van der Waals surface area contributed by atoms with Crippen LogP contribution in [0.2, 0.25) is 0 Å². The largest absolute Gasteiger partial charge is 0.384 e. The number of nitrogens with two attached hydrogens (primary N) is 1. The lowest BCUT2D eigenvalue weighted by Crippen LogP contribution is -2.13. The van der Waals surface area contributed by atoms with Gasteiger partial charge in [-0.2, -0.15) is 8.42 Å². The highest BCUT2D eigenvalue weighted by Gasteiger charge is 2.16. The molecule has 0 spiro atoms. The number of imidazole rings is 1. The number of pyridine rings is 1. The molecule has 2 rings (SSSR count). The van der Waals surface area contributed by atoms with Crippen molar-refractivity contribution in [2.45, 2.75) is 5.03 Å². The van der Waals surface area contributed by atoms with Crippen LogP contribution in [0.25, 0.3) is 0 Å². The van der Waals surface area contributed by atoms with E-state index in [1.54, 1.807) is 11.6 Å². The first kappa shape index (κ1) is 11.4. The molecule has 2 aromatic heterocycles. The van der Waals surface area contributed by atoms with Gasteiger partial charge in [-0.05, 0) is 12.1 Å². The number of nitrogens with zero attached hydrogens (tertiary/aromatic N) is 3. The Kier molecular flexibility index (Phi) is 2.72. The van der Waals surface area contributed by atoms with Gasteiger partial charge in [-0.15, -0.1) is 0 Å². The molecule has 17 heavy (non-hydrogen) atoms. The van der Waals surface area contributed by atoms with Crippen molar-refractivity contribution in [1.29, 1.82) is 0 Å². The van der Waals surface area contributed by atoms with E-state index >= 15 is 0 Å². The van der Waals surface area contributed by atoms with E-state index in [1.165, 1.54) is 30.9 Å². The Bertz CT molecular complexity index is 617. The van der Waals surface area contributed by atoms with Crippen LogP contribution in [0.3, 0.4) is 0 Å². The van der Waals surface area contributed by atoms with E-state index in [0.717, 1.165) is 0 Å². The maximum absolute atomic E-state index is 11.9. The third kappa shape index (κ3) is 2.53. The van der Waals surface area contributed by atoms with Gasteiger partial charge in [-0.3, -0.25) is 4.72 Å². The quantitative estimate of drug-likeness (QED) is 0.813. The Morgan fingerprint density at radius 2 is 2.12 bits per heavy atom. The number of hydrogen-bond acceptors (Lipinski definition) is 5. The summed E-state index contributed by atoms with van der Waals surface area (Å²) in [5.74, 6) is 0.325. The highest BCUT2D eigenvalue weighted by Crippen LogP contribution is 2.13.